The van der Waals surface area contributed by atoms with Gasteiger partial charge >= 0.3 is 0 Å². The topological polar surface area (TPSA) is 78.6 Å². The van der Waals surface area contributed by atoms with Crippen molar-refractivity contribution in [2.24, 2.45) is 5.14 Å². The van der Waals surface area contributed by atoms with E-state index in [9.17, 15) is 8.42 Å². The maximum absolute atomic E-state index is 11.7. The van der Waals surface area contributed by atoms with Gasteiger partial charge < -0.3 is 9.47 Å². The number of sulfonamides is 1. The Balaban J connectivity index is 2.20. The van der Waals surface area contributed by atoms with E-state index in [1.54, 1.807) is 0 Å². The average molecular weight is 313 g/mol. The molecular formula is C15H23NO4S. The first-order valence-corrected chi connectivity index (χ1v) is 8.58. The van der Waals surface area contributed by atoms with E-state index in [0.717, 1.165) is 24.0 Å². The van der Waals surface area contributed by atoms with E-state index < -0.39 is 10.0 Å². The van der Waals surface area contributed by atoms with Crippen LogP contribution in [0.1, 0.15) is 37.8 Å². The van der Waals surface area contributed by atoms with E-state index in [1.165, 1.54) is 6.07 Å². The summed E-state index contributed by atoms with van der Waals surface area (Å²) >= 11 is 0. The van der Waals surface area contributed by atoms with Crippen molar-refractivity contribution in [1.29, 1.82) is 0 Å². The highest BCUT2D eigenvalue weighted by molar-refractivity contribution is 7.89. The summed E-state index contributed by atoms with van der Waals surface area (Å²) in [5.41, 5.74) is 1.46. The van der Waals surface area contributed by atoms with Crippen LogP contribution in [0.15, 0.2) is 17.0 Å². The molecule has 1 fully saturated rings. The number of rotatable bonds is 4. The van der Waals surface area contributed by atoms with Gasteiger partial charge in [-0.25, -0.2) is 13.6 Å². The van der Waals surface area contributed by atoms with E-state index in [-0.39, 0.29) is 16.6 Å². The number of hydrogen-bond acceptors (Lipinski definition) is 4. The van der Waals surface area contributed by atoms with Gasteiger partial charge in [0.15, 0.2) is 0 Å². The van der Waals surface area contributed by atoms with Gasteiger partial charge in [-0.05, 0) is 57.7 Å². The molecule has 0 amide bonds. The van der Waals surface area contributed by atoms with E-state index in [2.05, 4.69) is 0 Å². The predicted molar refractivity (Wildman–Crippen MR) is 81.0 cm³/mol. The lowest BCUT2D eigenvalue weighted by Gasteiger charge is -2.20. The Kier molecular flexibility index (Phi) is 4.33. The summed E-state index contributed by atoms with van der Waals surface area (Å²) in [7, 11) is -3.81. The van der Waals surface area contributed by atoms with Gasteiger partial charge in [-0.15, -0.1) is 0 Å². The molecule has 0 aliphatic carbocycles. The van der Waals surface area contributed by atoms with Crippen LogP contribution in [0, 0.1) is 13.8 Å². The first-order valence-electron chi connectivity index (χ1n) is 7.03. The molecule has 2 N–H and O–H groups in total. The predicted octanol–water partition coefficient (Wildman–Crippen LogP) is 2.29. The van der Waals surface area contributed by atoms with Crippen LogP contribution in [0.5, 0.6) is 5.75 Å². The Bertz CT molecular complexity index is 637. The van der Waals surface area contributed by atoms with Crippen molar-refractivity contribution >= 4 is 10.0 Å². The molecule has 5 nitrogen and oxygen atoms in total. The number of ether oxygens (including phenoxy) is 2. The molecule has 2 rings (SSSR count). The number of nitrogens with two attached hydrogens (primary N) is 1. The fraction of sp³-hybridized carbons (Fsp3) is 0.600. The Labute approximate surface area is 126 Å². The summed E-state index contributed by atoms with van der Waals surface area (Å²) in [6.45, 7) is 8.06. The van der Waals surface area contributed by atoms with Crippen molar-refractivity contribution in [1.82, 2.24) is 0 Å². The van der Waals surface area contributed by atoms with Gasteiger partial charge in [-0.1, -0.05) is 6.07 Å². The van der Waals surface area contributed by atoms with Crippen LogP contribution >= 0.6 is 0 Å². The van der Waals surface area contributed by atoms with Crippen LogP contribution < -0.4 is 9.88 Å². The Morgan fingerprint density at radius 1 is 1.38 bits per heavy atom. The molecule has 1 aromatic rings. The van der Waals surface area contributed by atoms with Crippen molar-refractivity contribution in [2.45, 2.75) is 57.1 Å². The molecule has 1 aliphatic rings. The van der Waals surface area contributed by atoms with Crippen LogP contribution in [0.2, 0.25) is 0 Å². The molecular weight excluding hydrogens is 290 g/mol. The third-order valence-corrected chi connectivity index (χ3v) is 4.58. The smallest absolute Gasteiger partial charge is 0.241 e. The molecule has 1 aromatic carbocycles. The molecule has 6 heteroatoms. The Morgan fingerprint density at radius 2 is 2.05 bits per heavy atom. The summed E-state index contributed by atoms with van der Waals surface area (Å²) in [6, 6.07) is 3.42. The lowest BCUT2D eigenvalue weighted by molar-refractivity contribution is -0.0331. The van der Waals surface area contributed by atoms with Gasteiger partial charge in [0.2, 0.25) is 10.0 Å². The number of benzene rings is 1. The normalized spacial score (nSPS) is 21.5. The number of primary sulfonamides is 1. The monoisotopic (exact) mass is 313 g/mol. The molecule has 1 unspecified atom stereocenters. The summed E-state index contributed by atoms with van der Waals surface area (Å²) in [6.07, 6.45) is 1.85. The maximum atomic E-state index is 11.7. The zero-order valence-corrected chi connectivity index (χ0v) is 13.8. The van der Waals surface area contributed by atoms with E-state index >= 15 is 0 Å². The van der Waals surface area contributed by atoms with Gasteiger partial charge in [-0.3, -0.25) is 0 Å². The summed E-state index contributed by atoms with van der Waals surface area (Å²) in [5.74, 6) is 0.330. The molecule has 1 atom stereocenters. The third-order valence-electron chi connectivity index (χ3n) is 3.66. The van der Waals surface area contributed by atoms with Crippen LogP contribution in [-0.4, -0.2) is 26.7 Å². The molecule has 1 saturated heterocycles. The van der Waals surface area contributed by atoms with Gasteiger partial charge in [-0.2, -0.15) is 0 Å². The highest BCUT2D eigenvalue weighted by atomic mass is 32.2. The van der Waals surface area contributed by atoms with Crippen LogP contribution in [0.4, 0.5) is 0 Å². The Hall–Kier alpha value is -1.11. The molecule has 0 spiro atoms. The van der Waals surface area contributed by atoms with Gasteiger partial charge in [0.25, 0.3) is 0 Å². The van der Waals surface area contributed by atoms with Crippen molar-refractivity contribution in [3.63, 3.8) is 0 Å². The zero-order chi connectivity index (χ0) is 15.8. The molecule has 0 radical (unpaired) electrons. The second-order valence-corrected chi connectivity index (χ2v) is 7.83. The fourth-order valence-corrected chi connectivity index (χ4v) is 3.51. The summed E-state index contributed by atoms with van der Waals surface area (Å²) in [5, 5.41) is 5.28. The van der Waals surface area contributed by atoms with Crippen molar-refractivity contribution < 1.29 is 17.9 Å². The van der Waals surface area contributed by atoms with E-state index in [4.69, 9.17) is 14.6 Å². The van der Waals surface area contributed by atoms with Gasteiger partial charge in [0, 0.05) is 0 Å². The van der Waals surface area contributed by atoms with Crippen molar-refractivity contribution in [2.75, 3.05) is 6.61 Å². The SMILES string of the molecule is Cc1cc(C)c(OCC2CCC(C)(C)O2)c(S(N)(=O)=O)c1. The number of hydrogen-bond donors (Lipinski definition) is 1. The molecule has 0 bridgehead atoms. The lowest BCUT2D eigenvalue weighted by Crippen LogP contribution is -2.24. The zero-order valence-electron chi connectivity index (χ0n) is 13.0. The van der Waals surface area contributed by atoms with Crippen molar-refractivity contribution in [3.8, 4) is 5.75 Å². The minimum absolute atomic E-state index is 0.0194. The average Bonchev–Trinajstić information content (AvgIpc) is 2.65. The standard InChI is InChI=1S/C15H23NO4S/c1-10-7-11(2)14(13(8-10)21(16,17)18)19-9-12-5-6-15(3,4)20-12/h7-8,12H,5-6,9H2,1-4H3,(H2,16,17,18). The molecule has 1 aliphatic heterocycles. The van der Waals surface area contributed by atoms with Gasteiger partial charge in [0.1, 0.15) is 17.3 Å². The fourth-order valence-electron chi connectivity index (χ4n) is 2.68. The first-order chi connectivity index (χ1) is 9.58. The molecule has 0 aromatic heterocycles. The maximum Gasteiger partial charge on any atom is 0.241 e. The first kappa shape index (κ1) is 16.3. The molecule has 21 heavy (non-hydrogen) atoms. The van der Waals surface area contributed by atoms with Crippen LogP contribution in [-0.2, 0) is 14.8 Å². The van der Waals surface area contributed by atoms with E-state index in [1.807, 2.05) is 33.8 Å². The quantitative estimate of drug-likeness (QED) is 0.925. The molecule has 118 valence electrons. The highest BCUT2D eigenvalue weighted by Gasteiger charge is 2.32. The molecule has 1 heterocycles. The third kappa shape index (κ3) is 3.96. The van der Waals surface area contributed by atoms with Crippen LogP contribution in [0.3, 0.4) is 0 Å². The minimum atomic E-state index is -3.81. The summed E-state index contributed by atoms with van der Waals surface area (Å²) < 4.78 is 35.0. The van der Waals surface area contributed by atoms with Gasteiger partial charge in [0.05, 0.1) is 11.7 Å². The van der Waals surface area contributed by atoms with Crippen LogP contribution in [0.25, 0.3) is 0 Å². The Morgan fingerprint density at radius 3 is 2.57 bits per heavy atom. The van der Waals surface area contributed by atoms with E-state index in [0.29, 0.717) is 12.4 Å². The number of aryl methyl sites for hydroxylation is 2. The lowest BCUT2D eigenvalue weighted by atomic mass is 10.1. The molecule has 0 saturated carbocycles. The highest BCUT2D eigenvalue weighted by Crippen LogP contribution is 2.32. The second-order valence-electron chi connectivity index (χ2n) is 6.30. The minimum Gasteiger partial charge on any atom is -0.489 e. The largest absolute Gasteiger partial charge is 0.489 e. The second kappa shape index (κ2) is 5.59. The summed E-state index contributed by atoms with van der Waals surface area (Å²) in [4.78, 5) is 0.0391. The van der Waals surface area contributed by atoms with Crippen molar-refractivity contribution in [3.05, 3.63) is 23.3 Å².